The van der Waals surface area contributed by atoms with E-state index in [1.807, 2.05) is 36.7 Å². The molecule has 2 rings (SSSR count). The molecule has 2 N–H and O–H groups in total. The molecule has 0 unspecified atom stereocenters. The van der Waals surface area contributed by atoms with Crippen molar-refractivity contribution < 1.29 is 0 Å². The first-order valence-electron chi connectivity index (χ1n) is 7.78. The number of aliphatic imine (C=N–C) groups is 1. The van der Waals surface area contributed by atoms with Gasteiger partial charge in [0.15, 0.2) is 5.96 Å². The number of hydrogen-bond acceptors (Lipinski definition) is 2. The summed E-state index contributed by atoms with van der Waals surface area (Å²) in [7, 11) is 1.75. The summed E-state index contributed by atoms with van der Waals surface area (Å²) in [4.78, 5) is 8.64. The molecule has 1 aromatic carbocycles. The molecule has 0 fully saturated rings. The van der Waals surface area contributed by atoms with Crippen LogP contribution in [0.3, 0.4) is 0 Å². The van der Waals surface area contributed by atoms with E-state index in [9.17, 15) is 0 Å². The molecule has 124 valence electrons. The first kappa shape index (κ1) is 17.3. The van der Waals surface area contributed by atoms with Crippen molar-refractivity contribution in [3.63, 3.8) is 0 Å². The fourth-order valence-corrected chi connectivity index (χ4v) is 2.47. The number of benzene rings is 1. The summed E-state index contributed by atoms with van der Waals surface area (Å²) < 4.78 is 2.17. The zero-order valence-corrected chi connectivity index (χ0v) is 14.6. The Labute approximate surface area is 142 Å². The number of halogens is 1. The SMILES string of the molecule is CN=C(NCc1ccccc1Cl)NCc1nccn1CC(C)C. The van der Waals surface area contributed by atoms with Crippen LogP contribution in [0.1, 0.15) is 25.2 Å². The van der Waals surface area contributed by atoms with E-state index >= 15 is 0 Å². The molecule has 6 heteroatoms. The first-order chi connectivity index (χ1) is 11.1. The zero-order valence-electron chi connectivity index (χ0n) is 13.9. The quantitative estimate of drug-likeness (QED) is 0.631. The number of rotatable bonds is 6. The van der Waals surface area contributed by atoms with Gasteiger partial charge in [0.25, 0.3) is 0 Å². The molecule has 0 aliphatic heterocycles. The summed E-state index contributed by atoms with van der Waals surface area (Å²) in [6, 6.07) is 7.78. The molecular weight excluding hydrogens is 310 g/mol. The Morgan fingerprint density at radius 1 is 1.26 bits per heavy atom. The Kier molecular flexibility index (Phi) is 6.47. The zero-order chi connectivity index (χ0) is 16.7. The average molecular weight is 334 g/mol. The van der Waals surface area contributed by atoms with Crippen molar-refractivity contribution in [1.29, 1.82) is 0 Å². The summed E-state index contributed by atoms with van der Waals surface area (Å²) in [5.41, 5.74) is 1.04. The summed E-state index contributed by atoms with van der Waals surface area (Å²) in [5.74, 6) is 2.31. The maximum atomic E-state index is 6.16. The minimum absolute atomic E-state index is 0.584. The summed E-state index contributed by atoms with van der Waals surface area (Å²) >= 11 is 6.16. The Morgan fingerprint density at radius 2 is 2.00 bits per heavy atom. The molecule has 0 spiro atoms. The number of guanidine groups is 1. The van der Waals surface area contributed by atoms with E-state index in [-0.39, 0.29) is 0 Å². The number of nitrogens with zero attached hydrogens (tertiary/aromatic N) is 3. The summed E-state index contributed by atoms with van der Waals surface area (Å²) in [6.07, 6.45) is 3.84. The maximum absolute atomic E-state index is 6.16. The molecule has 0 atom stereocenters. The number of aromatic nitrogens is 2. The highest BCUT2D eigenvalue weighted by atomic mass is 35.5. The van der Waals surface area contributed by atoms with Gasteiger partial charge in [0.05, 0.1) is 6.54 Å². The van der Waals surface area contributed by atoms with Crippen LogP contribution in [0.25, 0.3) is 0 Å². The van der Waals surface area contributed by atoms with Gasteiger partial charge in [-0.25, -0.2) is 4.98 Å². The Hall–Kier alpha value is -2.01. The second kappa shape index (κ2) is 8.58. The van der Waals surface area contributed by atoms with Crippen molar-refractivity contribution >= 4 is 17.6 Å². The van der Waals surface area contributed by atoms with Crippen LogP contribution >= 0.6 is 11.6 Å². The van der Waals surface area contributed by atoms with Gasteiger partial charge in [0.2, 0.25) is 0 Å². The van der Waals surface area contributed by atoms with Crippen LogP contribution in [-0.2, 0) is 19.6 Å². The third kappa shape index (κ3) is 5.28. The van der Waals surface area contributed by atoms with Crippen molar-refractivity contribution in [3.8, 4) is 0 Å². The predicted molar refractivity (Wildman–Crippen MR) is 95.6 cm³/mol. The standard InChI is InChI=1S/C17H24ClN5/c1-13(2)12-23-9-8-20-16(23)11-22-17(19-3)21-10-14-6-4-5-7-15(14)18/h4-9,13H,10-12H2,1-3H3,(H2,19,21,22). The summed E-state index contributed by atoms with van der Waals surface area (Å²) in [5, 5.41) is 7.31. The average Bonchev–Trinajstić information content (AvgIpc) is 2.95. The topological polar surface area (TPSA) is 54.2 Å². The van der Waals surface area contributed by atoms with Gasteiger partial charge in [-0.15, -0.1) is 0 Å². The summed E-state index contributed by atoms with van der Waals surface area (Å²) in [6.45, 7) is 6.60. The van der Waals surface area contributed by atoms with Crippen molar-refractivity contribution in [2.75, 3.05) is 7.05 Å². The van der Waals surface area contributed by atoms with Crippen LogP contribution in [0.2, 0.25) is 5.02 Å². The van der Waals surface area contributed by atoms with Gasteiger partial charge in [0, 0.05) is 37.6 Å². The predicted octanol–water partition coefficient (Wildman–Crippen LogP) is 3.06. The second-order valence-electron chi connectivity index (χ2n) is 5.76. The lowest BCUT2D eigenvalue weighted by Crippen LogP contribution is -2.37. The molecule has 0 saturated heterocycles. The third-order valence-corrected chi connectivity index (χ3v) is 3.77. The highest BCUT2D eigenvalue weighted by Gasteiger charge is 2.06. The van der Waals surface area contributed by atoms with Crippen LogP contribution in [0.15, 0.2) is 41.7 Å². The van der Waals surface area contributed by atoms with E-state index in [1.165, 1.54) is 0 Å². The third-order valence-electron chi connectivity index (χ3n) is 3.41. The van der Waals surface area contributed by atoms with Gasteiger partial charge < -0.3 is 15.2 Å². The smallest absolute Gasteiger partial charge is 0.191 e. The number of nitrogens with one attached hydrogen (secondary N) is 2. The number of hydrogen-bond donors (Lipinski definition) is 2. The minimum Gasteiger partial charge on any atom is -0.352 e. The molecule has 23 heavy (non-hydrogen) atoms. The fourth-order valence-electron chi connectivity index (χ4n) is 2.27. The van der Waals surface area contributed by atoms with E-state index in [2.05, 4.69) is 39.0 Å². The van der Waals surface area contributed by atoms with Gasteiger partial charge in [-0.3, -0.25) is 4.99 Å². The van der Waals surface area contributed by atoms with Crippen molar-refractivity contribution in [1.82, 2.24) is 20.2 Å². The molecule has 1 aromatic heterocycles. The lowest BCUT2D eigenvalue weighted by molar-refractivity contribution is 0.503. The molecular formula is C17H24ClN5. The fraction of sp³-hybridized carbons (Fsp3) is 0.412. The van der Waals surface area contributed by atoms with Gasteiger partial charge in [-0.1, -0.05) is 43.6 Å². The van der Waals surface area contributed by atoms with Crippen molar-refractivity contribution in [3.05, 3.63) is 53.1 Å². The van der Waals surface area contributed by atoms with Crippen LogP contribution < -0.4 is 10.6 Å². The van der Waals surface area contributed by atoms with Gasteiger partial charge in [-0.05, 0) is 17.5 Å². The maximum Gasteiger partial charge on any atom is 0.191 e. The van der Waals surface area contributed by atoms with Crippen LogP contribution in [-0.4, -0.2) is 22.6 Å². The van der Waals surface area contributed by atoms with Crippen molar-refractivity contribution in [2.24, 2.45) is 10.9 Å². The van der Waals surface area contributed by atoms with E-state index in [0.29, 0.717) is 19.0 Å². The lowest BCUT2D eigenvalue weighted by Gasteiger charge is -2.14. The molecule has 0 saturated carbocycles. The van der Waals surface area contributed by atoms with Crippen LogP contribution in [0, 0.1) is 5.92 Å². The molecule has 2 aromatic rings. The van der Waals surface area contributed by atoms with Gasteiger partial charge >= 0.3 is 0 Å². The molecule has 0 bridgehead atoms. The van der Waals surface area contributed by atoms with E-state index in [1.54, 1.807) is 7.05 Å². The Bertz CT molecular complexity index is 648. The van der Waals surface area contributed by atoms with E-state index in [4.69, 9.17) is 11.6 Å². The highest BCUT2D eigenvalue weighted by Crippen LogP contribution is 2.14. The van der Waals surface area contributed by atoms with Crippen LogP contribution in [0.5, 0.6) is 0 Å². The molecule has 0 radical (unpaired) electrons. The van der Waals surface area contributed by atoms with Crippen molar-refractivity contribution in [2.45, 2.75) is 33.5 Å². The minimum atomic E-state index is 0.584. The Balaban J connectivity index is 1.89. The molecule has 0 aliphatic rings. The van der Waals surface area contributed by atoms with E-state index < -0.39 is 0 Å². The molecule has 0 aliphatic carbocycles. The molecule has 1 heterocycles. The van der Waals surface area contributed by atoms with Crippen LogP contribution in [0.4, 0.5) is 0 Å². The molecule has 5 nitrogen and oxygen atoms in total. The van der Waals surface area contributed by atoms with Gasteiger partial charge in [-0.2, -0.15) is 0 Å². The Morgan fingerprint density at radius 3 is 2.70 bits per heavy atom. The highest BCUT2D eigenvalue weighted by molar-refractivity contribution is 6.31. The largest absolute Gasteiger partial charge is 0.352 e. The monoisotopic (exact) mass is 333 g/mol. The normalized spacial score (nSPS) is 11.8. The number of imidazole rings is 1. The lowest BCUT2D eigenvalue weighted by atomic mass is 10.2. The van der Waals surface area contributed by atoms with Gasteiger partial charge in [0.1, 0.15) is 5.82 Å². The van der Waals surface area contributed by atoms with E-state index in [0.717, 1.165) is 28.9 Å². The second-order valence-corrected chi connectivity index (χ2v) is 6.17. The first-order valence-corrected chi connectivity index (χ1v) is 8.16. The molecule has 0 amide bonds.